The van der Waals surface area contributed by atoms with Gasteiger partial charge in [-0.15, -0.1) is 0 Å². The highest BCUT2D eigenvalue weighted by molar-refractivity contribution is 7.92. The number of amides is 1. The Morgan fingerprint density at radius 2 is 1.50 bits per heavy atom. The number of methoxy groups -OCH3 is 2. The zero-order valence-corrected chi connectivity index (χ0v) is 17.5. The zero-order valence-electron chi connectivity index (χ0n) is 16.7. The Bertz CT molecular complexity index is 942. The van der Waals surface area contributed by atoms with E-state index in [-0.39, 0.29) is 30.3 Å². The van der Waals surface area contributed by atoms with Crippen LogP contribution in [0.1, 0.15) is 12.8 Å². The molecule has 0 fully saturated rings. The van der Waals surface area contributed by atoms with E-state index in [0.717, 1.165) is 0 Å². The molecule has 0 aromatic heterocycles. The molecule has 30 heavy (non-hydrogen) atoms. The van der Waals surface area contributed by atoms with Crippen LogP contribution in [-0.2, 0) is 29.1 Å². The minimum absolute atomic E-state index is 0.0398. The molecule has 0 saturated heterocycles. The van der Waals surface area contributed by atoms with Crippen LogP contribution in [0, 0.1) is 0 Å². The van der Waals surface area contributed by atoms with E-state index in [1.807, 2.05) is 0 Å². The first-order chi connectivity index (χ1) is 14.3. The molecule has 162 valence electrons. The number of carbonyl (C=O) groups is 2. The highest BCUT2D eigenvalue weighted by atomic mass is 32.2. The smallest absolute Gasteiger partial charge is 0.306 e. The van der Waals surface area contributed by atoms with Crippen molar-refractivity contribution in [3.05, 3.63) is 48.5 Å². The van der Waals surface area contributed by atoms with Gasteiger partial charge in [0.05, 0.1) is 25.0 Å². The van der Waals surface area contributed by atoms with Crippen LogP contribution < -0.4 is 14.8 Å². The fraction of sp³-hybridized carbons (Fsp3) is 0.300. The normalized spacial score (nSPS) is 10.9. The molecule has 0 spiro atoms. The number of nitrogens with one attached hydrogen (secondary N) is 2. The van der Waals surface area contributed by atoms with Gasteiger partial charge in [0.2, 0.25) is 5.91 Å². The molecule has 0 aliphatic heterocycles. The summed E-state index contributed by atoms with van der Waals surface area (Å²) in [7, 11) is -0.771. The molecule has 0 heterocycles. The Morgan fingerprint density at radius 1 is 0.867 bits per heavy atom. The molecule has 0 aliphatic rings. The minimum Gasteiger partial charge on any atom is -0.497 e. The second-order valence-corrected chi connectivity index (χ2v) is 7.80. The maximum Gasteiger partial charge on any atom is 0.306 e. The number of ether oxygens (including phenoxy) is 3. The summed E-state index contributed by atoms with van der Waals surface area (Å²) in [6, 6.07) is 12.2. The molecular formula is C20H24N2O7S. The minimum atomic E-state index is -3.79. The number of benzene rings is 2. The van der Waals surface area contributed by atoms with E-state index in [1.54, 1.807) is 24.3 Å². The topological polar surface area (TPSA) is 120 Å². The molecule has 0 saturated carbocycles. The molecule has 0 aliphatic carbocycles. The van der Waals surface area contributed by atoms with Crippen molar-refractivity contribution >= 4 is 33.3 Å². The summed E-state index contributed by atoms with van der Waals surface area (Å²) in [4.78, 5) is 23.5. The third-order valence-corrected chi connectivity index (χ3v) is 5.29. The third kappa shape index (κ3) is 7.37. The third-order valence-electron chi connectivity index (χ3n) is 3.90. The number of hydrogen-bond donors (Lipinski definition) is 2. The van der Waals surface area contributed by atoms with Crippen molar-refractivity contribution in [2.45, 2.75) is 17.7 Å². The first-order valence-electron chi connectivity index (χ1n) is 9.05. The average Bonchev–Trinajstić information content (AvgIpc) is 2.73. The van der Waals surface area contributed by atoms with Crippen LogP contribution in [0.2, 0.25) is 0 Å². The van der Waals surface area contributed by atoms with Crippen molar-refractivity contribution in [3.8, 4) is 5.75 Å². The van der Waals surface area contributed by atoms with E-state index >= 15 is 0 Å². The molecule has 10 heteroatoms. The number of esters is 1. The summed E-state index contributed by atoms with van der Waals surface area (Å²) >= 11 is 0. The Morgan fingerprint density at radius 3 is 2.10 bits per heavy atom. The van der Waals surface area contributed by atoms with Gasteiger partial charge in [-0.3, -0.25) is 14.3 Å². The van der Waals surface area contributed by atoms with Crippen LogP contribution in [0.3, 0.4) is 0 Å². The summed E-state index contributed by atoms with van der Waals surface area (Å²) in [5.74, 6) is -0.264. The summed E-state index contributed by atoms with van der Waals surface area (Å²) in [5.41, 5.74) is 0.807. The van der Waals surface area contributed by atoms with Crippen molar-refractivity contribution in [2.24, 2.45) is 0 Å². The first-order valence-corrected chi connectivity index (χ1v) is 10.5. The van der Waals surface area contributed by atoms with Gasteiger partial charge in [-0.2, -0.15) is 0 Å². The fourth-order valence-electron chi connectivity index (χ4n) is 2.34. The van der Waals surface area contributed by atoms with Crippen LogP contribution in [0.25, 0.3) is 0 Å². The highest BCUT2D eigenvalue weighted by Crippen LogP contribution is 2.20. The fourth-order valence-corrected chi connectivity index (χ4v) is 3.40. The van der Waals surface area contributed by atoms with Crippen LogP contribution in [0.4, 0.5) is 11.4 Å². The maximum atomic E-state index is 12.5. The average molecular weight is 436 g/mol. The van der Waals surface area contributed by atoms with Crippen LogP contribution in [-0.4, -0.2) is 47.7 Å². The molecule has 0 radical (unpaired) electrons. The van der Waals surface area contributed by atoms with Gasteiger partial charge in [-0.25, -0.2) is 8.42 Å². The van der Waals surface area contributed by atoms with Gasteiger partial charge in [0.1, 0.15) is 12.4 Å². The number of anilines is 2. The molecule has 2 aromatic rings. The molecule has 1 amide bonds. The van der Waals surface area contributed by atoms with Gasteiger partial charge in [0.25, 0.3) is 10.0 Å². The molecule has 2 N–H and O–H groups in total. The Kier molecular flexibility index (Phi) is 8.63. The molecule has 0 atom stereocenters. The number of carbonyl (C=O) groups excluding carboxylic acids is 2. The van der Waals surface area contributed by atoms with Crippen molar-refractivity contribution in [2.75, 3.05) is 37.5 Å². The molecule has 9 nitrogen and oxygen atoms in total. The van der Waals surface area contributed by atoms with Gasteiger partial charge in [0.15, 0.2) is 0 Å². The maximum absolute atomic E-state index is 12.5. The second-order valence-electron chi connectivity index (χ2n) is 6.12. The number of hydrogen-bond acceptors (Lipinski definition) is 7. The lowest BCUT2D eigenvalue weighted by molar-refractivity contribution is -0.145. The van der Waals surface area contributed by atoms with E-state index in [2.05, 4.69) is 10.0 Å². The van der Waals surface area contributed by atoms with Crippen LogP contribution >= 0.6 is 0 Å². The Balaban J connectivity index is 1.88. The lowest BCUT2D eigenvalue weighted by Crippen LogP contribution is -2.16. The summed E-state index contributed by atoms with van der Waals surface area (Å²) in [5, 5.41) is 2.61. The SMILES string of the molecule is COCCOC(=O)CCC(=O)Nc1ccc(S(=O)(=O)Nc2ccc(OC)cc2)cc1. The van der Waals surface area contributed by atoms with Gasteiger partial charge in [0, 0.05) is 24.9 Å². The van der Waals surface area contributed by atoms with Crippen molar-refractivity contribution in [1.82, 2.24) is 0 Å². The summed E-state index contributed by atoms with van der Waals surface area (Å²) in [6.07, 6.45) is -0.112. The zero-order chi connectivity index (χ0) is 22.0. The molecule has 0 bridgehead atoms. The van der Waals surface area contributed by atoms with E-state index in [0.29, 0.717) is 23.7 Å². The highest BCUT2D eigenvalue weighted by Gasteiger charge is 2.15. The monoisotopic (exact) mass is 436 g/mol. The molecule has 2 rings (SSSR count). The van der Waals surface area contributed by atoms with Gasteiger partial charge in [-0.1, -0.05) is 0 Å². The number of rotatable bonds is 11. The van der Waals surface area contributed by atoms with Gasteiger partial charge in [-0.05, 0) is 48.5 Å². The van der Waals surface area contributed by atoms with Gasteiger partial charge < -0.3 is 19.5 Å². The standard InChI is InChI=1S/C20H24N2O7S/c1-27-13-14-29-20(24)12-11-19(23)21-15-5-9-18(10-6-15)30(25,26)22-16-3-7-17(28-2)8-4-16/h3-10,22H,11-14H2,1-2H3,(H,21,23). The van der Waals surface area contributed by atoms with Gasteiger partial charge >= 0.3 is 5.97 Å². The predicted molar refractivity (Wildman–Crippen MR) is 111 cm³/mol. The summed E-state index contributed by atoms with van der Waals surface area (Å²) in [6.45, 7) is 0.429. The van der Waals surface area contributed by atoms with Crippen molar-refractivity contribution in [1.29, 1.82) is 0 Å². The lowest BCUT2D eigenvalue weighted by Gasteiger charge is -2.10. The number of sulfonamides is 1. The quantitative estimate of drug-likeness (QED) is 0.410. The van der Waals surface area contributed by atoms with E-state index in [1.165, 1.54) is 38.5 Å². The second kappa shape index (κ2) is 11.2. The van der Waals surface area contributed by atoms with E-state index in [4.69, 9.17) is 14.2 Å². The van der Waals surface area contributed by atoms with Crippen LogP contribution in [0.15, 0.2) is 53.4 Å². The molecule has 2 aromatic carbocycles. The van der Waals surface area contributed by atoms with E-state index < -0.39 is 16.0 Å². The predicted octanol–water partition coefficient (Wildman–Crippen LogP) is 2.40. The molecule has 0 unspecified atom stereocenters. The van der Waals surface area contributed by atoms with Crippen LogP contribution in [0.5, 0.6) is 5.75 Å². The lowest BCUT2D eigenvalue weighted by atomic mass is 10.2. The van der Waals surface area contributed by atoms with Crippen molar-refractivity contribution in [3.63, 3.8) is 0 Å². The largest absolute Gasteiger partial charge is 0.497 e. The van der Waals surface area contributed by atoms with E-state index in [9.17, 15) is 18.0 Å². The summed E-state index contributed by atoms with van der Waals surface area (Å²) < 4.78 is 42.1. The Labute approximate surface area is 175 Å². The Hall–Kier alpha value is -3.11. The molecular weight excluding hydrogens is 412 g/mol. The van der Waals surface area contributed by atoms with Crippen molar-refractivity contribution < 1.29 is 32.2 Å². The first kappa shape index (κ1) is 23.2.